The average molecular weight is 338 g/mol. The second-order valence-corrected chi connectivity index (χ2v) is 5.30. The third-order valence-electron chi connectivity index (χ3n) is 3.54. The van der Waals surface area contributed by atoms with E-state index in [9.17, 15) is 13.6 Å². The van der Waals surface area contributed by atoms with Gasteiger partial charge in [0.25, 0.3) is 0 Å². The molecule has 2 aromatic rings. The molecule has 1 fully saturated rings. The van der Waals surface area contributed by atoms with Crippen LogP contribution < -0.4 is 0 Å². The zero-order valence-electron chi connectivity index (χ0n) is 12.8. The summed E-state index contributed by atoms with van der Waals surface area (Å²) in [6.45, 7) is 1.96. The Morgan fingerprint density at radius 1 is 1.29 bits per heavy atom. The van der Waals surface area contributed by atoms with Gasteiger partial charge in [-0.1, -0.05) is 5.21 Å². The summed E-state index contributed by atoms with van der Waals surface area (Å²) in [4.78, 5) is 13.4. The number of hydrogen-bond acceptors (Lipinski definition) is 5. The molecule has 9 heteroatoms. The van der Waals surface area contributed by atoms with Crippen LogP contribution in [0.25, 0.3) is 0 Å². The number of halogens is 2. The Hall–Kier alpha value is -2.55. The van der Waals surface area contributed by atoms with Gasteiger partial charge < -0.3 is 14.4 Å². The molecule has 0 spiro atoms. The van der Waals surface area contributed by atoms with E-state index in [2.05, 4.69) is 10.3 Å². The largest absolute Gasteiger partial charge is 0.443 e. The SMILES string of the molecule is O=C(OCc1cn(Cc2cc(F)ccc2F)nn1)N1CCOCC1. The summed E-state index contributed by atoms with van der Waals surface area (Å²) in [6.07, 6.45) is 1.08. The van der Waals surface area contributed by atoms with Crippen LogP contribution in [0, 0.1) is 11.6 Å². The van der Waals surface area contributed by atoms with E-state index in [-0.39, 0.29) is 18.7 Å². The summed E-state index contributed by atoms with van der Waals surface area (Å²) in [5.74, 6) is -1.04. The van der Waals surface area contributed by atoms with Crippen molar-refractivity contribution in [2.75, 3.05) is 26.3 Å². The van der Waals surface area contributed by atoms with Gasteiger partial charge in [0.1, 0.15) is 23.9 Å². The predicted molar refractivity (Wildman–Crippen MR) is 78.1 cm³/mol. The van der Waals surface area contributed by atoms with Crippen molar-refractivity contribution in [2.24, 2.45) is 0 Å². The van der Waals surface area contributed by atoms with Crippen LogP contribution in [-0.4, -0.2) is 52.3 Å². The summed E-state index contributed by atoms with van der Waals surface area (Å²) in [5.41, 5.74) is 0.588. The highest BCUT2D eigenvalue weighted by Crippen LogP contribution is 2.11. The van der Waals surface area contributed by atoms with Crippen molar-refractivity contribution in [3.63, 3.8) is 0 Å². The molecule has 1 aromatic carbocycles. The maximum atomic E-state index is 13.6. The molecular weight excluding hydrogens is 322 g/mol. The molecule has 0 saturated carbocycles. The quantitative estimate of drug-likeness (QED) is 0.846. The topological polar surface area (TPSA) is 69.5 Å². The van der Waals surface area contributed by atoms with Crippen molar-refractivity contribution < 1.29 is 23.0 Å². The minimum Gasteiger partial charge on any atom is -0.443 e. The lowest BCUT2D eigenvalue weighted by Gasteiger charge is -2.25. The van der Waals surface area contributed by atoms with E-state index in [0.717, 1.165) is 18.2 Å². The van der Waals surface area contributed by atoms with Gasteiger partial charge in [-0.25, -0.2) is 18.3 Å². The number of carbonyl (C=O) groups excluding carboxylic acids is 1. The maximum Gasteiger partial charge on any atom is 0.410 e. The molecule has 2 heterocycles. The summed E-state index contributed by atoms with van der Waals surface area (Å²) in [7, 11) is 0. The highest BCUT2D eigenvalue weighted by atomic mass is 19.1. The van der Waals surface area contributed by atoms with Crippen LogP contribution in [0.4, 0.5) is 13.6 Å². The van der Waals surface area contributed by atoms with Gasteiger partial charge in [-0.3, -0.25) is 0 Å². The van der Waals surface area contributed by atoms with Gasteiger partial charge >= 0.3 is 6.09 Å². The number of benzene rings is 1. The van der Waals surface area contributed by atoms with Crippen molar-refractivity contribution in [1.29, 1.82) is 0 Å². The fourth-order valence-electron chi connectivity index (χ4n) is 2.29. The smallest absolute Gasteiger partial charge is 0.410 e. The molecule has 0 unspecified atom stereocenters. The zero-order valence-corrected chi connectivity index (χ0v) is 12.8. The average Bonchev–Trinajstić information content (AvgIpc) is 3.04. The van der Waals surface area contributed by atoms with E-state index < -0.39 is 17.7 Å². The number of amides is 1. The molecule has 0 bridgehead atoms. The molecule has 1 amide bonds. The number of aromatic nitrogens is 3. The van der Waals surface area contributed by atoms with Crippen molar-refractivity contribution in [3.8, 4) is 0 Å². The number of ether oxygens (including phenoxy) is 2. The van der Waals surface area contributed by atoms with Gasteiger partial charge in [0.2, 0.25) is 0 Å². The Bertz CT molecular complexity index is 716. The number of morpholine rings is 1. The van der Waals surface area contributed by atoms with Gasteiger partial charge in [0.05, 0.1) is 26.0 Å². The number of nitrogens with zero attached hydrogens (tertiary/aromatic N) is 4. The molecule has 24 heavy (non-hydrogen) atoms. The zero-order chi connectivity index (χ0) is 16.9. The molecule has 0 atom stereocenters. The number of rotatable bonds is 4. The van der Waals surface area contributed by atoms with Crippen LogP contribution in [0.5, 0.6) is 0 Å². The summed E-state index contributed by atoms with van der Waals surface area (Å²) < 4.78 is 38.4. The fraction of sp³-hybridized carbons (Fsp3) is 0.400. The first kappa shape index (κ1) is 16.3. The summed E-state index contributed by atoms with van der Waals surface area (Å²) in [6, 6.07) is 3.22. The monoisotopic (exact) mass is 338 g/mol. The molecule has 1 saturated heterocycles. The standard InChI is InChI=1S/C15H16F2N4O3/c16-12-1-2-14(17)11(7-12)8-21-9-13(18-19-21)10-24-15(22)20-3-5-23-6-4-20/h1-2,7,9H,3-6,8,10H2. The normalized spacial score (nSPS) is 14.7. The molecule has 1 aliphatic heterocycles. The van der Waals surface area contributed by atoms with E-state index in [0.29, 0.717) is 32.0 Å². The van der Waals surface area contributed by atoms with E-state index in [1.807, 2.05) is 0 Å². The van der Waals surface area contributed by atoms with Crippen LogP contribution in [-0.2, 0) is 22.6 Å². The van der Waals surface area contributed by atoms with E-state index in [1.54, 1.807) is 4.90 Å². The minimum atomic E-state index is -0.522. The molecule has 1 aliphatic rings. The Labute approximate surface area is 136 Å². The van der Waals surface area contributed by atoms with Crippen LogP contribution in [0.1, 0.15) is 11.3 Å². The predicted octanol–water partition coefficient (Wildman–Crippen LogP) is 1.57. The molecule has 128 valence electrons. The highest BCUT2D eigenvalue weighted by molar-refractivity contribution is 5.67. The number of carbonyl (C=O) groups is 1. The van der Waals surface area contributed by atoms with E-state index in [4.69, 9.17) is 9.47 Å². The van der Waals surface area contributed by atoms with Gasteiger partial charge in [0.15, 0.2) is 0 Å². The Morgan fingerprint density at radius 2 is 2.08 bits per heavy atom. The van der Waals surface area contributed by atoms with Crippen LogP contribution in [0.15, 0.2) is 24.4 Å². The molecule has 7 nitrogen and oxygen atoms in total. The van der Waals surface area contributed by atoms with Gasteiger partial charge in [-0.15, -0.1) is 5.10 Å². The third kappa shape index (κ3) is 4.05. The molecule has 1 aromatic heterocycles. The van der Waals surface area contributed by atoms with Gasteiger partial charge in [-0.2, -0.15) is 0 Å². The third-order valence-corrected chi connectivity index (χ3v) is 3.54. The maximum absolute atomic E-state index is 13.6. The lowest BCUT2D eigenvalue weighted by atomic mass is 10.2. The minimum absolute atomic E-state index is 0.0357. The van der Waals surface area contributed by atoms with Crippen molar-refractivity contribution >= 4 is 6.09 Å². The fourth-order valence-corrected chi connectivity index (χ4v) is 2.29. The molecular formula is C15H16F2N4O3. The second kappa shape index (κ2) is 7.35. The van der Waals surface area contributed by atoms with Crippen molar-refractivity contribution in [1.82, 2.24) is 19.9 Å². The lowest BCUT2D eigenvalue weighted by Crippen LogP contribution is -2.40. The molecule has 0 aliphatic carbocycles. The van der Waals surface area contributed by atoms with Gasteiger partial charge in [-0.05, 0) is 18.2 Å². The first-order valence-electron chi connectivity index (χ1n) is 7.44. The summed E-state index contributed by atoms with van der Waals surface area (Å²) in [5, 5.41) is 7.68. The first-order valence-corrected chi connectivity index (χ1v) is 7.44. The lowest BCUT2D eigenvalue weighted by molar-refractivity contribution is 0.0246. The van der Waals surface area contributed by atoms with Crippen molar-refractivity contribution in [3.05, 3.63) is 47.3 Å². The first-order chi connectivity index (χ1) is 11.6. The van der Waals surface area contributed by atoms with Crippen LogP contribution >= 0.6 is 0 Å². The molecule has 0 radical (unpaired) electrons. The Balaban J connectivity index is 1.55. The van der Waals surface area contributed by atoms with E-state index in [1.165, 1.54) is 10.9 Å². The van der Waals surface area contributed by atoms with Crippen LogP contribution in [0.3, 0.4) is 0 Å². The van der Waals surface area contributed by atoms with Gasteiger partial charge in [0, 0.05) is 18.7 Å². The Kier molecular flexibility index (Phi) is 4.99. The van der Waals surface area contributed by atoms with Crippen molar-refractivity contribution in [2.45, 2.75) is 13.2 Å². The Morgan fingerprint density at radius 3 is 2.88 bits per heavy atom. The molecule has 0 N–H and O–H groups in total. The second-order valence-electron chi connectivity index (χ2n) is 5.30. The highest BCUT2D eigenvalue weighted by Gasteiger charge is 2.18. The number of hydrogen-bond donors (Lipinski definition) is 0. The van der Waals surface area contributed by atoms with E-state index >= 15 is 0 Å². The van der Waals surface area contributed by atoms with Crippen LogP contribution in [0.2, 0.25) is 0 Å². The molecule has 3 rings (SSSR count). The summed E-state index contributed by atoms with van der Waals surface area (Å²) >= 11 is 0.